The number of aryl methyl sites for hydroxylation is 1. The minimum atomic E-state index is -0.873. The van der Waals surface area contributed by atoms with E-state index in [1.54, 1.807) is 12.1 Å². The number of fused-ring (bicyclic) bond motifs is 3. The molecular weight excluding hydrogens is 473 g/mol. The van der Waals surface area contributed by atoms with E-state index in [4.69, 9.17) is 32.9 Å². The molecule has 0 spiro atoms. The molecule has 0 saturated heterocycles. The van der Waals surface area contributed by atoms with E-state index >= 15 is 0 Å². The highest BCUT2D eigenvalue weighted by molar-refractivity contribution is 6.36. The third-order valence-corrected chi connectivity index (χ3v) is 5.97. The molecule has 1 amide bonds. The maximum absolute atomic E-state index is 12.7. The lowest BCUT2D eigenvalue weighted by Gasteiger charge is -2.14. The van der Waals surface area contributed by atoms with E-state index in [2.05, 4.69) is 15.5 Å². The number of carbonyl (C=O) groups excluding carboxylic acids is 1. The first-order chi connectivity index (χ1) is 16.5. The van der Waals surface area contributed by atoms with Crippen molar-refractivity contribution in [2.45, 2.75) is 19.7 Å². The number of aliphatic imine (C=N–C) groups is 1. The zero-order valence-corrected chi connectivity index (χ0v) is 19.6. The molecule has 34 heavy (non-hydrogen) atoms. The quantitative estimate of drug-likeness (QED) is 0.399. The number of carbonyl (C=O) groups is 1. The molecule has 9 heteroatoms. The smallest absolute Gasteiger partial charge is 0.409 e. The van der Waals surface area contributed by atoms with Crippen molar-refractivity contribution in [2.24, 2.45) is 4.99 Å². The Balaban J connectivity index is 1.58. The van der Waals surface area contributed by atoms with Gasteiger partial charge >= 0.3 is 6.09 Å². The number of nitrogens with zero attached hydrogens (tertiary/aromatic N) is 4. The Kier molecular flexibility index (Phi) is 6.04. The topological polar surface area (TPSA) is 81.4 Å². The van der Waals surface area contributed by atoms with Gasteiger partial charge in [-0.25, -0.2) is 4.79 Å². The lowest BCUT2D eigenvalue weighted by molar-refractivity contribution is 0.135. The summed E-state index contributed by atoms with van der Waals surface area (Å²) < 4.78 is 7.28. The van der Waals surface area contributed by atoms with Crippen molar-refractivity contribution in [3.8, 4) is 5.69 Å². The Bertz CT molecular complexity index is 1400. The van der Waals surface area contributed by atoms with Crippen molar-refractivity contribution in [1.29, 1.82) is 0 Å². The van der Waals surface area contributed by atoms with Crippen molar-refractivity contribution in [3.63, 3.8) is 0 Å². The van der Waals surface area contributed by atoms with Crippen molar-refractivity contribution in [3.05, 3.63) is 111 Å². The van der Waals surface area contributed by atoms with Crippen LogP contribution in [-0.2, 0) is 11.3 Å². The van der Waals surface area contributed by atoms with Crippen LogP contribution in [0.15, 0.2) is 77.8 Å². The summed E-state index contributed by atoms with van der Waals surface area (Å²) in [6, 6.07) is 22.3. The van der Waals surface area contributed by atoms with Crippen molar-refractivity contribution < 1.29 is 9.53 Å². The Labute approximate surface area is 206 Å². The summed E-state index contributed by atoms with van der Waals surface area (Å²) >= 11 is 12.9. The first-order valence-corrected chi connectivity index (χ1v) is 11.3. The molecule has 0 fully saturated rings. The molecule has 1 atom stereocenters. The Morgan fingerprint density at radius 1 is 1.00 bits per heavy atom. The Morgan fingerprint density at radius 2 is 1.76 bits per heavy atom. The highest BCUT2D eigenvalue weighted by Gasteiger charge is 2.30. The monoisotopic (exact) mass is 491 g/mol. The van der Waals surface area contributed by atoms with Gasteiger partial charge in [-0.2, -0.15) is 0 Å². The minimum absolute atomic E-state index is 0.127. The number of rotatable bonds is 4. The van der Waals surface area contributed by atoms with Gasteiger partial charge in [0.2, 0.25) is 0 Å². The van der Waals surface area contributed by atoms with E-state index in [0.29, 0.717) is 33.0 Å². The number of nitrogens with one attached hydrogen (secondary N) is 1. The van der Waals surface area contributed by atoms with Crippen LogP contribution in [0.2, 0.25) is 10.0 Å². The lowest BCUT2D eigenvalue weighted by Crippen LogP contribution is -2.30. The van der Waals surface area contributed by atoms with Crippen LogP contribution in [-0.4, -0.2) is 26.6 Å². The van der Waals surface area contributed by atoms with Gasteiger partial charge in [-0.15, -0.1) is 10.2 Å². The highest BCUT2D eigenvalue weighted by atomic mass is 35.5. The van der Waals surface area contributed by atoms with Gasteiger partial charge in [0.05, 0.1) is 11.4 Å². The van der Waals surface area contributed by atoms with E-state index in [1.807, 2.05) is 72.2 Å². The molecule has 1 N–H and O–H groups in total. The number of ether oxygens (including phenoxy) is 1. The van der Waals surface area contributed by atoms with Crippen molar-refractivity contribution in [2.75, 3.05) is 0 Å². The predicted octanol–water partition coefficient (Wildman–Crippen LogP) is 5.66. The number of halogens is 2. The normalized spacial score (nSPS) is 14.4. The fourth-order valence-electron chi connectivity index (χ4n) is 3.84. The van der Waals surface area contributed by atoms with E-state index < -0.39 is 12.3 Å². The fraction of sp³-hybridized carbons (Fsp3) is 0.120. The number of benzene rings is 3. The Hall–Kier alpha value is -3.68. The predicted molar refractivity (Wildman–Crippen MR) is 131 cm³/mol. The molecule has 1 aliphatic heterocycles. The Morgan fingerprint density at radius 3 is 2.56 bits per heavy atom. The van der Waals surface area contributed by atoms with Gasteiger partial charge in [0.25, 0.3) is 0 Å². The molecule has 3 aromatic carbocycles. The standard InChI is InChI=1S/C25H19Cl2N5O2/c1-15-30-31-24-23(29-25(33)34-14-16-7-3-2-4-8-16)28-22(18-9-5-6-10-20(18)27)19-13-17(26)11-12-21(19)32(15)24/h2-13,23H,14H2,1H3,(H,29,33). The minimum Gasteiger partial charge on any atom is -0.445 e. The van der Waals surface area contributed by atoms with E-state index in [0.717, 1.165) is 16.8 Å². The molecule has 2 heterocycles. The maximum Gasteiger partial charge on any atom is 0.409 e. The summed E-state index contributed by atoms with van der Waals surface area (Å²) in [5, 5.41) is 12.4. The van der Waals surface area contributed by atoms with Gasteiger partial charge in [-0.1, -0.05) is 71.7 Å². The van der Waals surface area contributed by atoms with Crippen LogP contribution in [0, 0.1) is 6.92 Å². The SMILES string of the molecule is Cc1nnc2n1-c1ccc(Cl)cc1C(c1ccccc1Cl)=NC2NC(=O)OCc1ccccc1. The largest absolute Gasteiger partial charge is 0.445 e. The highest BCUT2D eigenvalue weighted by Crippen LogP contribution is 2.33. The van der Waals surface area contributed by atoms with E-state index in [-0.39, 0.29) is 6.61 Å². The second-order valence-electron chi connectivity index (χ2n) is 7.67. The summed E-state index contributed by atoms with van der Waals surface area (Å²) in [6.07, 6.45) is -1.51. The van der Waals surface area contributed by atoms with Crippen LogP contribution in [0.4, 0.5) is 4.79 Å². The third kappa shape index (κ3) is 4.27. The fourth-order valence-corrected chi connectivity index (χ4v) is 4.24. The lowest BCUT2D eigenvalue weighted by atomic mass is 10.0. The van der Waals surface area contributed by atoms with Gasteiger partial charge < -0.3 is 4.74 Å². The van der Waals surface area contributed by atoms with Crippen LogP contribution in [0.25, 0.3) is 5.69 Å². The van der Waals surface area contributed by atoms with Gasteiger partial charge in [-0.3, -0.25) is 14.9 Å². The van der Waals surface area contributed by atoms with Gasteiger partial charge in [0.1, 0.15) is 12.4 Å². The average Bonchev–Trinajstić information content (AvgIpc) is 3.16. The summed E-state index contributed by atoms with van der Waals surface area (Å²) in [5.74, 6) is 1.08. The van der Waals surface area contributed by atoms with Gasteiger partial charge in [-0.05, 0) is 36.8 Å². The molecule has 4 aromatic rings. The first kappa shape index (κ1) is 22.1. The molecule has 170 valence electrons. The molecule has 0 radical (unpaired) electrons. The molecule has 1 aliphatic rings. The van der Waals surface area contributed by atoms with E-state index in [9.17, 15) is 4.79 Å². The zero-order valence-electron chi connectivity index (χ0n) is 18.1. The summed E-state index contributed by atoms with van der Waals surface area (Å²) in [7, 11) is 0. The third-order valence-electron chi connectivity index (χ3n) is 5.40. The van der Waals surface area contributed by atoms with Crippen LogP contribution in [0.5, 0.6) is 0 Å². The number of hydrogen-bond donors (Lipinski definition) is 1. The van der Waals surface area contributed by atoms with Crippen LogP contribution < -0.4 is 5.32 Å². The molecule has 7 nitrogen and oxygen atoms in total. The average molecular weight is 492 g/mol. The number of amides is 1. The first-order valence-electron chi connectivity index (χ1n) is 10.5. The zero-order chi connectivity index (χ0) is 23.7. The summed E-state index contributed by atoms with van der Waals surface area (Å²) in [4.78, 5) is 17.6. The second kappa shape index (κ2) is 9.29. The molecule has 1 unspecified atom stereocenters. The molecule has 0 saturated carbocycles. The van der Waals surface area contributed by atoms with E-state index in [1.165, 1.54) is 0 Å². The number of hydrogen-bond acceptors (Lipinski definition) is 5. The van der Waals surface area contributed by atoms with Crippen LogP contribution in [0.3, 0.4) is 0 Å². The molecular formula is C25H19Cl2N5O2. The van der Waals surface area contributed by atoms with Gasteiger partial charge in [0, 0.05) is 21.2 Å². The summed E-state index contributed by atoms with van der Waals surface area (Å²) in [6.45, 7) is 1.96. The van der Waals surface area contributed by atoms with Crippen molar-refractivity contribution >= 4 is 35.0 Å². The second-order valence-corrected chi connectivity index (χ2v) is 8.51. The van der Waals surface area contributed by atoms with Crippen LogP contribution in [0.1, 0.15) is 34.5 Å². The molecule has 5 rings (SSSR count). The van der Waals surface area contributed by atoms with Crippen molar-refractivity contribution in [1.82, 2.24) is 20.1 Å². The molecule has 0 aliphatic carbocycles. The summed E-state index contributed by atoms with van der Waals surface area (Å²) in [5.41, 5.74) is 3.67. The maximum atomic E-state index is 12.7. The van der Waals surface area contributed by atoms with Crippen LogP contribution >= 0.6 is 23.2 Å². The molecule has 1 aromatic heterocycles. The number of alkyl carbamates (subject to hydrolysis) is 1. The number of aromatic nitrogens is 3. The molecule has 0 bridgehead atoms. The van der Waals surface area contributed by atoms with Gasteiger partial charge in [0.15, 0.2) is 12.0 Å².